The second-order valence-electron chi connectivity index (χ2n) is 5.40. The van der Waals surface area contributed by atoms with Gasteiger partial charge in [-0.1, -0.05) is 0 Å². The summed E-state index contributed by atoms with van der Waals surface area (Å²) in [6.07, 6.45) is 3.27. The lowest BCUT2D eigenvalue weighted by Crippen LogP contribution is -2.37. The standard InChI is InChI=1S/C13H19F2N5/c14-10-7-11(15)13(17-12(10)18-16)20-6-2-5-19-4-1-3-9(19)8-20/h7,9H,1-6,8,16H2,(H,17,18). The Morgan fingerprint density at radius 2 is 2.00 bits per heavy atom. The van der Waals surface area contributed by atoms with E-state index in [2.05, 4.69) is 15.3 Å². The Kier molecular flexibility index (Phi) is 3.71. The van der Waals surface area contributed by atoms with Crippen LogP contribution in [0.3, 0.4) is 0 Å². The van der Waals surface area contributed by atoms with Crippen LogP contribution in [-0.2, 0) is 0 Å². The van der Waals surface area contributed by atoms with Gasteiger partial charge in [-0.3, -0.25) is 4.90 Å². The number of nitrogen functional groups attached to an aromatic ring is 1. The molecule has 5 nitrogen and oxygen atoms in total. The molecule has 0 spiro atoms. The summed E-state index contributed by atoms with van der Waals surface area (Å²) in [4.78, 5) is 8.35. The van der Waals surface area contributed by atoms with E-state index in [1.807, 2.05) is 4.90 Å². The number of nitrogens with one attached hydrogen (secondary N) is 1. The number of hydrogen-bond donors (Lipinski definition) is 2. The molecule has 7 heteroatoms. The first-order valence-corrected chi connectivity index (χ1v) is 7.00. The monoisotopic (exact) mass is 283 g/mol. The molecule has 20 heavy (non-hydrogen) atoms. The highest BCUT2D eigenvalue weighted by Gasteiger charge is 2.30. The number of rotatable bonds is 2. The highest BCUT2D eigenvalue weighted by atomic mass is 19.1. The van der Waals surface area contributed by atoms with Gasteiger partial charge in [-0.25, -0.2) is 19.6 Å². The van der Waals surface area contributed by atoms with Crippen molar-refractivity contribution >= 4 is 11.6 Å². The summed E-state index contributed by atoms with van der Waals surface area (Å²) in [5, 5.41) is 0. The first-order valence-electron chi connectivity index (χ1n) is 7.00. The third-order valence-corrected chi connectivity index (χ3v) is 4.15. The zero-order valence-corrected chi connectivity index (χ0v) is 11.3. The molecular weight excluding hydrogens is 264 g/mol. The van der Waals surface area contributed by atoms with Crippen molar-refractivity contribution in [3.8, 4) is 0 Å². The molecule has 0 aromatic carbocycles. The first kappa shape index (κ1) is 13.5. The van der Waals surface area contributed by atoms with Gasteiger partial charge in [-0.05, 0) is 25.8 Å². The largest absolute Gasteiger partial charge is 0.352 e. The number of anilines is 2. The van der Waals surface area contributed by atoms with E-state index in [0.717, 1.165) is 45.1 Å². The predicted molar refractivity (Wildman–Crippen MR) is 73.4 cm³/mol. The van der Waals surface area contributed by atoms with Crippen LogP contribution in [0.5, 0.6) is 0 Å². The van der Waals surface area contributed by atoms with Crippen LogP contribution in [0.2, 0.25) is 0 Å². The molecule has 0 saturated carbocycles. The Balaban J connectivity index is 1.87. The minimum absolute atomic E-state index is 0.117. The fraction of sp³-hybridized carbons (Fsp3) is 0.615. The zero-order valence-electron chi connectivity index (χ0n) is 11.3. The maximum absolute atomic E-state index is 14.0. The lowest BCUT2D eigenvalue weighted by molar-refractivity contribution is 0.273. The second kappa shape index (κ2) is 5.49. The van der Waals surface area contributed by atoms with Crippen molar-refractivity contribution in [2.24, 2.45) is 5.84 Å². The highest BCUT2D eigenvalue weighted by Crippen LogP contribution is 2.27. The molecule has 2 aliphatic heterocycles. The lowest BCUT2D eigenvalue weighted by Gasteiger charge is -2.27. The molecule has 2 fully saturated rings. The van der Waals surface area contributed by atoms with E-state index in [4.69, 9.17) is 5.84 Å². The molecule has 1 aromatic rings. The van der Waals surface area contributed by atoms with Gasteiger partial charge in [-0.2, -0.15) is 0 Å². The van der Waals surface area contributed by atoms with E-state index in [9.17, 15) is 8.78 Å². The van der Waals surface area contributed by atoms with Gasteiger partial charge < -0.3 is 10.3 Å². The molecule has 3 rings (SSSR count). The molecule has 3 N–H and O–H groups in total. The molecule has 1 aromatic heterocycles. The van der Waals surface area contributed by atoms with E-state index in [1.165, 1.54) is 6.42 Å². The van der Waals surface area contributed by atoms with Gasteiger partial charge in [0, 0.05) is 31.7 Å². The molecule has 110 valence electrons. The Morgan fingerprint density at radius 3 is 2.80 bits per heavy atom. The minimum atomic E-state index is -0.772. The quantitative estimate of drug-likeness (QED) is 0.633. The van der Waals surface area contributed by atoms with Crippen molar-refractivity contribution in [3.63, 3.8) is 0 Å². The number of hydrazine groups is 1. The Bertz CT molecular complexity index is 496. The summed E-state index contributed by atoms with van der Waals surface area (Å²) < 4.78 is 27.4. The Morgan fingerprint density at radius 1 is 1.20 bits per heavy atom. The summed E-state index contributed by atoms with van der Waals surface area (Å²) in [5.41, 5.74) is 2.17. The van der Waals surface area contributed by atoms with Crippen molar-refractivity contribution < 1.29 is 8.78 Å². The first-order chi connectivity index (χ1) is 9.69. The van der Waals surface area contributed by atoms with Gasteiger partial charge in [0.15, 0.2) is 23.3 Å². The maximum Gasteiger partial charge on any atom is 0.178 e. The fourth-order valence-electron chi connectivity index (χ4n) is 3.18. The third kappa shape index (κ3) is 2.43. The van der Waals surface area contributed by atoms with Crippen molar-refractivity contribution in [2.75, 3.05) is 36.5 Å². The van der Waals surface area contributed by atoms with Crippen LogP contribution in [0.1, 0.15) is 19.3 Å². The van der Waals surface area contributed by atoms with Crippen LogP contribution >= 0.6 is 0 Å². The average Bonchev–Trinajstić information content (AvgIpc) is 2.77. The van der Waals surface area contributed by atoms with Crippen molar-refractivity contribution in [1.82, 2.24) is 9.88 Å². The molecule has 2 aliphatic rings. The summed E-state index contributed by atoms with van der Waals surface area (Å²) in [6, 6.07) is 1.28. The number of halogens is 2. The number of pyridine rings is 1. The smallest absolute Gasteiger partial charge is 0.178 e. The van der Waals surface area contributed by atoms with Gasteiger partial charge in [0.2, 0.25) is 0 Å². The molecule has 2 saturated heterocycles. The van der Waals surface area contributed by atoms with E-state index in [1.54, 1.807) is 0 Å². The number of hydrogen-bond acceptors (Lipinski definition) is 5. The van der Waals surface area contributed by atoms with Crippen LogP contribution < -0.4 is 16.2 Å². The maximum atomic E-state index is 14.0. The molecule has 1 atom stereocenters. The van der Waals surface area contributed by atoms with Crippen LogP contribution in [-0.4, -0.2) is 42.1 Å². The van der Waals surface area contributed by atoms with Gasteiger partial charge >= 0.3 is 0 Å². The summed E-state index contributed by atoms with van der Waals surface area (Å²) in [5.74, 6) is 3.88. The topological polar surface area (TPSA) is 57.4 Å². The molecule has 0 bridgehead atoms. The summed E-state index contributed by atoms with van der Waals surface area (Å²) in [7, 11) is 0. The summed E-state index contributed by atoms with van der Waals surface area (Å²) in [6.45, 7) is 3.62. The SMILES string of the molecule is NNc1nc(N2CCCN3CCCC3C2)c(F)cc1F. The van der Waals surface area contributed by atoms with E-state index in [0.29, 0.717) is 6.04 Å². The molecule has 0 radical (unpaired) electrons. The predicted octanol–water partition coefficient (Wildman–Crippen LogP) is 1.32. The van der Waals surface area contributed by atoms with Gasteiger partial charge in [0.25, 0.3) is 0 Å². The number of aromatic nitrogens is 1. The van der Waals surface area contributed by atoms with Gasteiger partial charge in [0.1, 0.15) is 0 Å². The van der Waals surface area contributed by atoms with Crippen LogP contribution in [0.25, 0.3) is 0 Å². The van der Waals surface area contributed by atoms with Gasteiger partial charge in [-0.15, -0.1) is 0 Å². The number of nitrogens with two attached hydrogens (primary N) is 1. The van der Waals surface area contributed by atoms with Crippen LogP contribution in [0.4, 0.5) is 20.4 Å². The lowest BCUT2D eigenvalue weighted by atomic mass is 10.2. The van der Waals surface area contributed by atoms with Gasteiger partial charge in [0.05, 0.1) is 0 Å². The average molecular weight is 283 g/mol. The van der Waals surface area contributed by atoms with E-state index >= 15 is 0 Å². The van der Waals surface area contributed by atoms with E-state index in [-0.39, 0.29) is 11.6 Å². The molecule has 0 amide bonds. The third-order valence-electron chi connectivity index (χ3n) is 4.15. The second-order valence-corrected chi connectivity index (χ2v) is 5.40. The number of fused-ring (bicyclic) bond motifs is 1. The van der Waals surface area contributed by atoms with Crippen molar-refractivity contribution in [3.05, 3.63) is 17.7 Å². The fourth-order valence-corrected chi connectivity index (χ4v) is 3.18. The summed E-state index contributed by atoms with van der Waals surface area (Å²) >= 11 is 0. The molecule has 1 unspecified atom stereocenters. The highest BCUT2D eigenvalue weighted by molar-refractivity contribution is 5.49. The van der Waals surface area contributed by atoms with Crippen LogP contribution in [0, 0.1) is 11.6 Å². The Hall–Kier alpha value is -1.47. The van der Waals surface area contributed by atoms with Crippen molar-refractivity contribution in [2.45, 2.75) is 25.3 Å². The minimum Gasteiger partial charge on any atom is -0.352 e. The van der Waals surface area contributed by atoms with Crippen LogP contribution in [0.15, 0.2) is 6.07 Å². The molecule has 3 heterocycles. The molecular formula is C13H19F2N5. The number of nitrogens with zero attached hydrogens (tertiary/aromatic N) is 3. The van der Waals surface area contributed by atoms with E-state index < -0.39 is 11.6 Å². The zero-order chi connectivity index (χ0) is 14.1. The van der Waals surface area contributed by atoms with Crippen molar-refractivity contribution in [1.29, 1.82) is 0 Å². The normalized spacial score (nSPS) is 23.6. The Labute approximate surface area is 116 Å². The molecule has 0 aliphatic carbocycles.